The summed E-state index contributed by atoms with van der Waals surface area (Å²) in [4.78, 5) is 0. The summed E-state index contributed by atoms with van der Waals surface area (Å²) < 4.78 is 5.17. The average molecular weight is 285 g/mol. The molecule has 2 N–H and O–H groups in total. The lowest BCUT2D eigenvalue weighted by molar-refractivity contribution is 0.234. The van der Waals surface area contributed by atoms with E-state index in [1.807, 2.05) is 42.5 Å². The fraction of sp³-hybridized carbons (Fsp3) is 0.333. The van der Waals surface area contributed by atoms with E-state index >= 15 is 0 Å². The van der Waals surface area contributed by atoms with Gasteiger partial charge in [-0.1, -0.05) is 42.5 Å². The Morgan fingerprint density at radius 1 is 1.05 bits per heavy atom. The predicted molar refractivity (Wildman–Crippen MR) is 85.6 cm³/mol. The average Bonchev–Trinajstić information content (AvgIpc) is 2.54. The Labute approximate surface area is 126 Å². The summed E-state index contributed by atoms with van der Waals surface area (Å²) in [6, 6.07) is 18.4. The Morgan fingerprint density at radius 3 is 2.29 bits per heavy atom. The van der Waals surface area contributed by atoms with Crippen LogP contribution >= 0.6 is 0 Å². The van der Waals surface area contributed by atoms with Crippen LogP contribution in [-0.4, -0.2) is 24.9 Å². The van der Waals surface area contributed by atoms with Crippen LogP contribution in [0.4, 0.5) is 0 Å². The van der Waals surface area contributed by atoms with E-state index < -0.39 is 0 Å². The molecular weight excluding hydrogens is 262 g/mol. The van der Waals surface area contributed by atoms with Crippen LogP contribution in [0.5, 0.6) is 5.75 Å². The second-order valence-corrected chi connectivity index (χ2v) is 5.27. The lowest BCUT2D eigenvalue weighted by atomic mass is 10.0. The third-order valence-corrected chi connectivity index (χ3v) is 3.57. The monoisotopic (exact) mass is 285 g/mol. The maximum absolute atomic E-state index is 9.58. The number of aliphatic hydroxyl groups excluding tert-OH is 1. The van der Waals surface area contributed by atoms with E-state index in [1.54, 1.807) is 7.11 Å². The van der Waals surface area contributed by atoms with Gasteiger partial charge in [-0.25, -0.2) is 0 Å². The fourth-order valence-corrected chi connectivity index (χ4v) is 2.46. The maximum atomic E-state index is 9.58. The molecule has 1 unspecified atom stereocenters. The summed E-state index contributed by atoms with van der Waals surface area (Å²) in [5.41, 5.74) is 2.36. The lowest BCUT2D eigenvalue weighted by Crippen LogP contribution is -2.34. The minimum Gasteiger partial charge on any atom is -0.497 e. The molecule has 3 nitrogen and oxygen atoms in total. The summed E-state index contributed by atoms with van der Waals surface area (Å²) in [7, 11) is 1.67. The van der Waals surface area contributed by atoms with Crippen molar-refractivity contribution in [2.45, 2.75) is 25.4 Å². The van der Waals surface area contributed by atoms with Gasteiger partial charge < -0.3 is 15.2 Å². The summed E-state index contributed by atoms with van der Waals surface area (Å²) in [5, 5.41) is 13.1. The summed E-state index contributed by atoms with van der Waals surface area (Å²) >= 11 is 0. The lowest BCUT2D eigenvalue weighted by Gasteiger charge is -2.22. The molecule has 0 saturated carbocycles. The minimum absolute atomic E-state index is 0.0283. The number of rotatable bonds is 7. The molecule has 0 aliphatic carbocycles. The molecule has 0 aliphatic rings. The molecule has 21 heavy (non-hydrogen) atoms. The van der Waals surface area contributed by atoms with Gasteiger partial charge in [-0.15, -0.1) is 0 Å². The van der Waals surface area contributed by atoms with E-state index in [2.05, 4.69) is 24.4 Å². The molecule has 3 heteroatoms. The molecule has 0 aromatic heterocycles. The van der Waals surface area contributed by atoms with Crippen molar-refractivity contribution in [3.05, 3.63) is 65.7 Å². The molecule has 2 aromatic carbocycles. The third-order valence-electron chi connectivity index (χ3n) is 3.57. The fourth-order valence-electron chi connectivity index (χ4n) is 2.46. The van der Waals surface area contributed by atoms with Gasteiger partial charge in [0.05, 0.1) is 19.8 Å². The van der Waals surface area contributed by atoms with Crippen molar-refractivity contribution in [1.82, 2.24) is 5.32 Å². The summed E-state index contributed by atoms with van der Waals surface area (Å²) in [6.45, 7) is 2.23. The van der Waals surface area contributed by atoms with Crippen LogP contribution < -0.4 is 10.1 Å². The molecule has 0 amide bonds. The second-order valence-electron chi connectivity index (χ2n) is 5.27. The van der Waals surface area contributed by atoms with Gasteiger partial charge in [0.1, 0.15) is 5.75 Å². The van der Waals surface area contributed by atoms with E-state index in [4.69, 9.17) is 4.74 Å². The highest BCUT2D eigenvalue weighted by atomic mass is 16.5. The van der Waals surface area contributed by atoms with Gasteiger partial charge in [0.25, 0.3) is 0 Å². The third kappa shape index (κ3) is 4.59. The van der Waals surface area contributed by atoms with Crippen LogP contribution in [0.1, 0.15) is 24.1 Å². The molecule has 112 valence electrons. The van der Waals surface area contributed by atoms with Crippen molar-refractivity contribution in [1.29, 1.82) is 0 Å². The first-order chi connectivity index (χ1) is 10.2. The molecule has 0 saturated heterocycles. The van der Waals surface area contributed by atoms with Gasteiger partial charge in [0.2, 0.25) is 0 Å². The smallest absolute Gasteiger partial charge is 0.118 e. The van der Waals surface area contributed by atoms with Crippen molar-refractivity contribution in [3.8, 4) is 5.75 Å². The van der Waals surface area contributed by atoms with E-state index in [0.29, 0.717) is 0 Å². The largest absolute Gasteiger partial charge is 0.497 e. The first kappa shape index (κ1) is 15.5. The molecule has 0 aliphatic heterocycles. The van der Waals surface area contributed by atoms with Gasteiger partial charge in [-0.05, 0) is 36.6 Å². The topological polar surface area (TPSA) is 41.5 Å². The first-order valence-corrected chi connectivity index (χ1v) is 7.27. The van der Waals surface area contributed by atoms with Gasteiger partial charge in [-0.3, -0.25) is 0 Å². The van der Waals surface area contributed by atoms with Crippen LogP contribution in [0.25, 0.3) is 0 Å². The molecule has 0 fully saturated rings. The van der Waals surface area contributed by atoms with Gasteiger partial charge >= 0.3 is 0 Å². The summed E-state index contributed by atoms with van der Waals surface area (Å²) in [5.74, 6) is 0.872. The number of hydrogen-bond donors (Lipinski definition) is 2. The molecule has 2 atom stereocenters. The Hall–Kier alpha value is -1.84. The molecule has 0 heterocycles. The predicted octanol–water partition coefficient (Wildman–Crippen LogP) is 2.95. The molecular formula is C18H23NO2. The van der Waals surface area contributed by atoms with E-state index in [9.17, 15) is 5.11 Å². The quantitative estimate of drug-likeness (QED) is 0.822. The van der Waals surface area contributed by atoms with Gasteiger partial charge in [0.15, 0.2) is 0 Å². The van der Waals surface area contributed by atoms with Crippen LogP contribution in [0, 0.1) is 0 Å². The zero-order chi connectivity index (χ0) is 15.1. The van der Waals surface area contributed by atoms with Crippen LogP contribution in [0.3, 0.4) is 0 Å². The Bertz CT molecular complexity index is 525. The number of benzene rings is 2. The highest BCUT2D eigenvalue weighted by Gasteiger charge is 2.13. The first-order valence-electron chi connectivity index (χ1n) is 7.27. The Kier molecular flexibility index (Phi) is 5.78. The molecule has 2 aromatic rings. The minimum atomic E-state index is -0.0283. The van der Waals surface area contributed by atoms with Crippen molar-refractivity contribution in [2.75, 3.05) is 13.7 Å². The number of aliphatic hydroxyl groups is 1. The number of ether oxygens (including phenoxy) is 1. The maximum Gasteiger partial charge on any atom is 0.118 e. The Balaban J connectivity index is 1.94. The van der Waals surface area contributed by atoms with Crippen LogP contribution in [0.15, 0.2) is 54.6 Å². The normalized spacial score (nSPS) is 13.7. The SMILES string of the molecule is COc1ccc(CC(C)N[C@@H](CO)c2ccccc2)cc1. The molecule has 0 radical (unpaired) electrons. The van der Waals surface area contributed by atoms with Gasteiger partial charge in [0, 0.05) is 6.04 Å². The van der Waals surface area contributed by atoms with Crippen molar-refractivity contribution >= 4 is 0 Å². The van der Waals surface area contributed by atoms with Crippen LogP contribution in [0.2, 0.25) is 0 Å². The number of hydrogen-bond acceptors (Lipinski definition) is 3. The summed E-state index contributed by atoms with van der Waals surface area (Å²) in [6.07, 6.45) is 0.910. The standard InChI is InChI=1S/C18H23NO2/c1-14(12-15-8-10-17(21-2)11-9-15)19-18(13-20)16-6-4-3-5-7-16/h3-11,14,18-20H,12-13H2,1-2H3/t14?,18-/m0/s1. The van der Waals surface area contributed by atoms with Crippen molar-refractivity contribution in [3.63, 3.8) is 0 Å². The second kappa shape index (κ2) is 7.81. The highest BCUT2D eigenvalue weighted by molar-refractivity contribution is 5.27. The zero-order valence-corrected chi connectivity index (χ0v) is 12.6. The number of methoxy groups -OCH3 is 1. The molecule has 0 bridgehead atoms. The Morgan fingerprint density at radius 2 is 1.71 bits per heavy atom. The van der Waals surface area contributed by atoms with Crippen LogP contribution in [-0.2, 0) is 6.42 Å². The van der Waals surface area contributed by atoms with E-state index in [0.717, 1.165) is 17.7 Å². The van der Waals surface area contributed by atoms with Crippen molar-refractivity contribution in [2.24, 2.45) is 0 Å². The zero-order valence-electron chi connectivity index (χ0n) is 12.6. The highest BCUT2D eigenvalue weighted by Crippen LogP contribution is 2.16. The number of nitrogens with one attached hydrogen (secondary N) is 1. The molecule has 2 rings (SSSR count). The van der Waals surface area contributed by atoms with E-state index in [-0.39, 0.29) is 18.7 Å². The van der Waals surface area contributed by atoms with E-state index in [1.165, 1.54) is 5.56 Å². The van der Waals surface area contributed by atoms with Crippen molar-refractivity contribution < 1.29 is 9.84 Å². The molecule has 0 spiro atoms. The van der Waals surface area contributed by atoms with Gasteiger partial charge in [-0.2, -0.15) is 0 Å².